The normalized spacial score (nSPS) is 24.1. The largest absolute Gasteiger partial charge is 0.355 e. The highest BCUT2D eigenvalue weighted by Crippen LogP contribution is 2.43. The van der Waals surface area contributed by atoms with Crippen LogP contribution in [0.25, 0.3) is 23.5 Å². The second kappa shape index (κ2) is 11.5. The summed E-state index contributed by atoms with van der Waals surface area (Å²) in [5.41, 5.74) is 9.99. The number of nitrogens with two attached hydrogens (primary N) is 1. The number of hydrogen-bond acceptors (Lipinski definition) is 8. The topological polar surface area (TPSA) is 119 Å². The molecule has 0 unspecified atom stereocenters. The molecule has 0 bridgehead atoms. The van der Waals surface area contributed by atoms with Gasteiger partial charge in [-0.3, -0.25) is 4.68 Å². The molecule has 2 fully saturated rings. The minimum atomic E-state index is -3.10. The molecule has 2 atom stereocenters. The fourth-order valence-electron chi connectivity index (χ4n) is 6.07. The molecule has 3 heterocycles. The number of benzene rings is 1. The van der Waals surface area contributed by atoms with E-state index in [0.717, 1.165) is 59.5 Å². The monoisotopic (exact) mass is 605 g/mol. The summed E-state index contributed by atoms with van der Waals surface area (Å²) < 4.78 is 39.1. The van der Waals surface area contributed by atoms with E-state index in [1.54, 1.807) is 17.1 Å². The van der Waals surface area contributed by atoms with Gasteiger partial charge in [0.1, 0.15) is 22.3 Å². The summed E-state index contributed by atoms with van der Waals surface area (Å²) in [4.78, 5) is 11.4. The van der Waals surface area contributed by atoms with Crippen molar-refractivity contribution < 1.29 is 12.8 Å². The average Bonchev–Trinajstić information content (AvgIpc) is 3.58. The Labute approximate surface area is 252 Å². The van der Waals surface area contributed by atoms with Crippen LogP contribution < -0.4 is 26.4 Å². The number of nitrogens with one attached hydrogen (secondary N) is 1. The van der Waals surface area contributed by atoms with Crippen molar-refractivity contribution in [2.45, 2.75) is 63.6 Å². The number of anilines is 2. The molecule has 2 aromatic heterocycles. The van der Waals surface area contributed by atoms with Crippen molar-refractivity contribution in [3.05, 3.63) is 64.6 Å². The fraction of sp³-hybridized carbons (Fsp3) is 0.469. The van der Waals surface area contributed by atoms with E-state index < -0.39 is 22.1 Å². The third kappa shape index (κ3) is 6.10. The van der Waals surface area contributed by atoms with Crippen LogP contribution >= 0.6 is 0 Å². The van der Waals surface area contributed by atoms with Gasteiger partial charge in [-0.15, -0.1) is 0 Å². The summed E-state index contributed by atoms with van der Waals surface area (Å²) in [6.45, 7) is 4.57. The predicted molar refractivity (Wildman–Crippen MR) is 169 cm³/mol. The average molecular weight is 606 g/mol. The number of allylic oxidation sites excluding steroid dienone is 2. The summed E-state index contributed by atoms with van der Waals surface area (Å²) in [6.07, 6.45) is 17.2. The van der Waals surface area contributed by atoms with Gasteiger partial charge in [0.15, 0.2) is 5.82 Å². The molecule has 2 aliphatic carbocycles. The summed E-state index contributed by atoms with van der Waals surface area (Å²) in [5, 5.41) is 10.2. The minimum Gasteiger partial charge on any atom is -0.355 e. The maximum absolute atomic E-state index is 13.6. The van der Waals surface area contributed by atoms with E-state index in [0.29, 0.717) is 24.1 Å². The lowest BCUT2D eigenvalue weighted by atomic mass is 9.92. The standard InChI is InChI=1S/C32H40FN7O2S/c1-21(2)25-9-10-28(39-17-23(30(39)34)19-43(3,41)42)26-8-6-4-5-7-24(15-27(25)26)37-29-11-14-35-31(38-29)22-16-36-40(18-22)32(20-33)12-13-32/h7-11,14-16,18,21,23,30H,4-6,12-13,17,19-20,34H2,1-3H3,(H,35,37,38)/b24-7+,26-8-,27-15-/t23-,30+/m1/s1. The minimum absolute atomic E-state index is 0.0845. The van der Waals surface area contributed by atoms with Crippen LogP contribution in [0.3, 0.4) is 0 Å². The number of alkyl halides is 1. The van der Waals surface area contributed by atoms with Crippen molar-refractivity contribution in [3.8, 4) is 11.4 Å². The zero-order valence-corrected chi connectivity index (χ0v) is 25.8. The van der Waals surface area contributed by atoms with E-state index in [4.69, 9.17) is 10.7 Å². The van der Waals surface area contributed by atoms with Crippen molar-refractivity contribution >= 4 is 33.5 Å². The molecule has 1 saturated carbocycles. The Morgan fingerprint density at radius 3 is 2.65 bits per heavy atom. The fourth-order valence-corrected chi connectivity index (χ4v) is 7.15. The molecule has 1 aromatic carbocycles. The molecule has 11 heteroatoms. The van der Waals surface area contributed by atoms with Gasteiger partial charge in [0.05, 0.1) is 29.2 Å². The van der Waals surface area contributed by atoms with Crippen molar-refractivity contribution in [1.82, 2.24) is 19.7 Å². The van der Waals surface area contributed by atoms with Gasteiger partial charge in [-0.1, -0.05) is 32.1 Å². The second-order valence-electron chi connectivity index (χ2n) is 12.5. The molecular formula is C32H40FN7O2S. The van der Waals surface area contributed by atoms with Crippen molar-refractivity contribution in [1.29, 1.82) is 0 Å². The highest BCUT2D eigenvalue weighted by atomic mass is 32.2. The van der Waals surface area contributed by atoms with Crippen LogP contribution in [-0.2, 0) is 15.4 Å². The maximum Gasteiger partial charge on any atom is 0.164 e. The van der Waals surface area contributed by atoms with E-state index in [9.17, 15) is 12.8 Å². The summed E-state index contributed by atoms with van der Waals surface area (Å²) in [7, 11) is -3.10. The molecule has 43 heavy (non-hydrogen) atoms. The van der Waals surface area contributed by atoms with E-state index in [-0.39, 0.29) is 17.8 Å². The number of fused-ring (bicyclic) bond motifs is 1. The lowest BCUT2D eigenvalue weighted by Gasteiger charge is -2.47. The Balaban J connectivity index is 1.33. The zero-order valence-electron chi connectivity index (χ0n) is 25.0. The van der Waals surface area contributed by atoms with Crippen LogP contribution in [0, 0.1) is 5.92 Å². The number of sulfone groups is 1. The Morgan fingerprint density at radius 2 is 1.95 bits per heavy atom. The first kappa shape index (κ1) is 29.5. The number of rotatable bonds is 9. The zero-order chi connectivity index (χ0) is 30.4. The third-order valence-corrected chi connectivity index (χ3v) is 9.81. The van der Waals surface area contributed by atoms with E-state index in [1.807, 2.05) is 12.3 Å². The van der Waals surface area contributed by atoms with Crippen LogP contribution in [0.15, 0.2) is 48.6 Å². The number of aromatic nitrogens is 4. The van der Waals surface area contributed by atoms with Crippen LogP contribution in [0.1, 0.15) is 57.4 Å². The molecular weight excluding hydrogens is 565 g/mol. The highest BCUT2D eigenvalue weighted by molar-refractivity contribution is 7.90. The highest BCUT2D eigenvalue weighted by Gasteiger charge is 2.46. The Hall–Kier alpha value is -3.57. The molecule has 3 aromatic rings. The van der Waals surface area contributed by atoms with Gasteiger partial charge in [0, 0.05) is 47.7 Å². The first-order valence-electron chi connectivity index (χ1n) is 15.0. The van der Waals surface area contributed by atoms with Crippen molar-refractivity contribution in [2.75, 3.05) is 35.4 Å². The molecule has 1 saturated heterocycles. The molecule has 0 radical (unpaired) electrons. The first-order valence-corrected chi connectivity index (χ1v) is 17.1. The molecule has 6 rings (SSSR count). The molecule has 0 amide bonds. The number of nitrogens with zero attached hydrogens (tertiary/aromatic N) is 5. The van der Waals surface area contributed by atoms with Gasteiger partial charge in [0.25, 0.3) is 0 Å². The molecule has 1 aliphatic heterocycles. The molecule has 3 N–H and O–H groups in total. The number of hydrogen-bond donors (Lipinski definition) is 2. The SMILES string of the molecule is CC(C)c1ccc(N2C[C@H](CS(C)(=O)=O)[C@H]2N)c2/c1=C\C(Nc1ccnc(-c3cnn(C4(CF)CC4)c3)n1)=C/CCC/C=2. The first-order chi connectivity index (χ1) is 20.6. The summed E-state index contributed by atoms with van der Waals surface area (Å²) in [5.74, 6) is 1.50. The van der Waals surface area contributed by atoms with Gasteiger partial charge in [0.2, 0.25) is 0 Å². The molecule has 9 nitrogen and oxygen atoms in total. The van der Waals surface area contributed by atoms with E-state index in [1.165, 1.54) is 11.8 Å². The second-order valence-corrected chi connectivity index (χ2v) is 14.7. The van der Waals surface area contributed by atoms with Crippen LogP contribution in [0.5, 0.6) is 0 Å². The predicted octanol–water partition coefficient (Wildman–Crippen LogP) is 3.43. The van der Waals surface area contributed by atoms with Crippen molar-refractivity contribution in [3.63, 3.8) is 0 Å². The van der Waals surface area contributed by atoms with Gasteiger partial charge < -0.3 is 16.0 Å². The summed E-state index contributed by atoms with van der Waals surface area (Å²) >= 11 is 0. The smallest absolute Gasteiger partial charge is 0.164 e. The van der Waals surface area contributed by atoms with Gasteiger partial charge in [-0.2, -0.15) is 5.10 Å². The summed E-state index contributed by atoms with van der Waals surface area (Å²) in [6, 6.07) is 6.14. The Morgan fingerprint density at radius 1 is 1.16 bits per heavy atom. The maximum atomic E-state index is 13.6. The third-order valence-electron chi connectivity index (χ3n) is 8.77. The van der Waals surface area contributed by atoms with E-state index >= 15 is 0 Å². The van der Waals surface area contributed by atoms with Crippen LogP contribution in [-0.4, -0.2) is 59.6 Å². The molecule has 0 spiro atoms. The van der Waals surface area contributed by atoms with Gasteiger partial charge in [-0.25, -0.2) is 22.8 Å². The molecule has 3 aliphatic rings. The van der Waals surface area contributed by atoms with E-state index in [2.05, 4.69) is 64.5 Å². The molecule has 228 valence electrons. The Bertz CT molecular complexity index is 1780. The van der Waals surface area contributed by atoms with Crippen LogP contribution in [0.4, 0.5) is 15.9 Å². The van der Waals surface area contributed by atoms with Gasteiger partial charge >= 0.3 is 0 Å². The quantitative estimate of drug-likeness (QED) is 0.381. The lowest BCUT2D eigenvalue weighted by molar-refractivity contribution is 0.314. The van der Waals surface area contributed by atoms with Crippen LogP contribution in [0.2, 0.25) is 0 Å². The van der Waals surface area contributed by atoms with Gasteiger partial charge in [-0.05, 0) is 67.0 Å². The lowest BCUT2D eigenvalue weighted by Crippen LogP contribution is -2.64. The number of halogens is 1. The Kier molecular flexibility index (Phi) is 7.89. The van der Waals surface area contributed by atoms with Crippen molar-refractivity contribution in [2.24, 2.45) is 11.7 Å².